The summed E-state index contributed by atoms with van der Waals surface area (Å²) in [4.78, 5) is 59.4. The summed E-state index contributed by atoms with van der Waals surface area (Å²) in [6.07, 6.45) is 6.67. The summed E-state index contributed by atoms with van der Waals surface area (Å²) in [7, 11) is 1.71. The number of fused-ring (bicyclic) bond motifs is 4. The van der Waals surface area contributed by atoms with Crippen molar-refractivity contribution in [2.45, 2.75) is 128 Å². The molecule has 1 spiro atoms. The van der Waals surface area contributed by atoms with E-state index in [0.29, 0.717) is 72.4 Å². The van der Waals surface area contributed by atoms with E-state index in [1.807, 2.05) is 20.0 Å². The Balaban J connectivity index is 1.00. The summed E-state index contributed by atoms with van der Waals surface area (Å²) in [5.74, 6) is 6.26. The lowest BCUT2D eigenvalue weighted by molar-refractivity contribution is -0.170. The fraction of sp³-hybridized carbons (Fsp3) is 0.650. The first-order valence-corrected chi connectivity index (χ1v) is 29.8. The standard InChI is InChI=1S/C60H78N8O10S/c1-37-32-77-55(37)56(70)63-52-54(66-34-60(35-66)12-20-74-21-13-60)57-62-48(33-79-57)40-8-9-49-44(28-40)46(30-59(3,4)36-78-50(69)29-47-41-26-42(27-41)68(64-47)58(52)71)53(67(49)17-24-76-43-10-18-73-19-11-43)45-25-39(31-61-51(45)38(2)72-5)7-6-14-65-15-22-75-23-16-65/h8-9,25,28,31,33,37-38,41-43,47,52,54-55,64H,10-24,26-27,29-30,32,34-36H2,1-5H3,(H,63,70)/t37-,38-,41?,42?,47+,52-,54-,55-/m0/s1. The molecule has 2 amide bonds. The smallest absolute Gasteiger partial charge is 0.307 e. The van der Waals surface area contributed by atoms with Crippen LogP contribution in [0.4, 0.5) is 0 Å². The van der Waals surface area contributed by atoms with Crippen LogP contribution in [0.1, 0.15) is 107 Å². The van der Waals surface area contributed by atoms with Crippen LogP contribution in [0, 0.1) is 34.5 Å². The fourth-order valence-corrected chi connectivity index (χ4v) is 14.3. The molecule has 0 radical (unpaired) electrons. The van der Waals surface area contributed by atoms with Crippen LogP contribution in [0.3, 0.4) is 0 Å². The van der Waals surface area contributed by atoms with Crippen molar-refractivity contribution in [1.82, 2.24) is 40.1 Å². The summed E-state index contributed by atoms with van der Waals surface area (Å²) in [5.41, 5.74) is 10.3. The first-order valence-electron chi connectivity index (χ1n) is 28.9. The third-order valence-corrected chi connectivity index (χ3v) is 19.1. The Morgan fingerprint density at radius 2 is 1.80 bits per heavy atom. The third kappa shape index (κ3) is 11.4. The normalized spacial score (nSPS) is 28.8. The molecule has 7 saturated heterocycles. The van der Waals surface area contributed by atoms with Crippen LogP contribution in [0.15, 0.2) is 35.8 Å². The van der Waals surface area contributed by atoms with E-state index < -0.39 is 23.6 Å². The maximum absolute atomic E-state index is 15.5. The number of methoxy groups -OCH3 is 1. The van der Waals surface area contributed by atoms with Gasteiger partial charge in [-0.1, -0.05) is 38.7 Å². The Bertz CT molecular complexity index is 2940. The van der Waals surface area contributed by atoms with Gasteiger partial charge in [-0.25, -0.2) is 10.4 Å². The maximum Gasteiger partial charge on any atom is 0.307 e. The van der Waals surface area contributed by atoms with Crippen LogP contribution in [0.25, 0.3) is 33.4 Å². The van der Waals surface area contributed by atoms with E-state index in [9.17, 15) is 9.59 Å². The Hall–Kier alpha value is -4.85. The number of hydrogen-bond acceptors (Lipinski definition) is 16. The molecule has 11 heterocycles. The molecule has 3 aromatic heterocycles. The molecule has 8 aliphatic heterocycles. The SMILES string of the molecule is CO[C@@H](C)c1ncc(C#CCN2CCOCC2)cc1-c1c2c3cc(ccc3n1CCOC1CCOCC1)-c1csc(n1)[C@@H](N1CC3(CCOCC3)C1)[C@H](NC(=O)[C@H]1OC[C@@H]1C)C(=O)N1N[C@H](CC(=O)OCC(C)(C)C2)C2CC1C2. The predicted molar refractivity (Wildman–Crippen MR) is 297 cm³/mol. The Morgan fingerprint density at radius 1 is 1.03 bits per heavy atom. The lowest BCUT2D eigenvalue weighted by Crippen LogP contribution is -2.72. The van der Waals surface area contributed by atoms with Crippen LogP contribution in [0.2, 0.25) is 0 Å². The van der Waals surface area contributed by atoms with Gasteiger partial charge in [-0.05, 0) is 81.5 Å². The number of aromatic nitrogens is 3. The molecule has 1 aromatic carbocycles. The van der Waals surface area contributed by atoms with Gasteiger partial charge < -0.3 is 43.0 Å². The lowest BCUT2D eigenvalue weighted by Gasteiger charge is -2.57. The number of hydrazine groups is 1. The molecule has 13 rings (SSSR count). The topological polar surface area (TPSA) is 180 Å². The van der Waals surface area contributed by atoms with Crippen molar-refractivity contribution in [3.63, 3.8) is 0 Å². The number of amides is 2. The number of nitrogens with zero attached hydrogens (tertiary/aromatic N) is 6. The largest absolute Gasteiger partial charge is 0.465 e. The molecule has 1 saturated carbocycles. The zero-order chi connectivity index (χ0) is 54.4. The monoisotopic (exact) mass is 1100 g/mol. The number of likely N-dealkylation sites (tertiary alicyclic amines) is 1. The number of cyclic esters (lactones) is 1. The summed E-state index contributed by atoms with van der Waals surface area (Å²) in [6.45, 7) is 18.0. The van der Waals surface area contributed by atoms with E-state index in [1.165, 1.54) is 11.3 Å². The molecule has 1 aliphatic carbocycles. The van der Waals surface area contributed by atoms with Crippen molar-refractivity contribution in [1.29, 1.82) is 0 Å². The van der Waals surface area contributed by atoms with Crippen molar-refractivity contribution in [3.8, 4) is 34.4 Å². The molecule has 9 aliphatic rings. The van der Waals surface area contributed by atoms with E-state index in [4.69, 9.17) is 43.1 Å². The number of carbonyl (C=O) groups excluding carboxylic acids is 3. The number of morpholine rings is 1. The fourth-order valence-electron chi connectivity index (χ4n) is 13.3. The minimum atomic E-state index is -0.994. The number of esters is 1. The van der Waals surface area contributed by atoms with Crippen LogP contribution in [-0.2, 0) is 60.5 Å². The molecule has 18 nitrogen and oxygen atoms in total. The van der Waals surface area contributed by atoms with Crippen LogP contribution < -0.4 is 10.7 Å². The molecular formula is C60H78N8O10S. The van der Waals surface area contributed by atoms with Crippen LogP contribution in [-0.4, -0.2) is 177 Å². The minimum absolute atomic E-state index is 0.0165. The zero-order valence-corrected chi connectivity index (χ0v) is 47.4. The minimum Gasteiger partial charge on any atom is -0.465 e. The van der Waals surface area contributed by atoms with Gasteiger partial charge in [0.1, 0.15) is 17.2 Å². The van der Waals surface area contributed by atoms with Gasteiger partial charge in [0.2, 0.25) is 5.91 Å². The molecule has 79 heavy (non-hydrogen) atoms. The van der Waals surface area contributed by atoms with Crippen molar-refractivity contribution in [2.75, 3.05) is 99.3 Å². The van der Waals surface area contributed by atoms with Crippen LogP contribution in [0.5, 0.6) is 0 Å². The molecule has 19 heteroatoms. The number of benzene rings is 1. The molecule has 8 fully saturated rings. The number of ether oxygens (including phenoxy) is 7. The highest BCUT2D eigenvalue weighted by Crippen LogP contribution is 2.48. The molecule has 4 aromatic rings. The van der Waals surface area contributed by atoms with Crippen molar-refractivity contribution in [2.24, 2.45) is 22.7 Å². The molecule has 6 atom stereocenters. The number of pyridine rings is 1. The Labute approximate surface area is 467 Å². The van der Waals surface area contributed by atoms with Gasteiger partial charge >= 0.3 is 5.97 Å². The first-order chi connectivity index (χ1) is 38.3. The Kier molecular flexibility index (Phi) is 16.1. The summed E-state index contributed by atoms with van der Waals surface area (Å²) in [5, 5.41) is 8.88. The van der Waals surface area contributed by atoms with Gasteiger partial charge in [-0.3, -0.25) is 34.2 Å². The van der Waals surface area contributed by atoms with Crippen molar-refractivity contribution in [3.05, 3.63) is 57.7 Å². The van der Waals surface area contributed by atoms with Crippen molar-refractivity contribution < 1.29 is 47.5 Å². The highest BCUT2D eigenvalue weighted by atomic mass is 32.1. The summed E-state index contributed by atoms with van der Waals surface area (Å²) >= 11 is 1.53. The van der Waals surface area contributed by atoms with E-state index in [0.717, 1.165) is 120 Å². The third-order valence-electron chi connectivity index (χ3n) is 18.1. The van der Waals surface area contributed by atoms with Crippen molar-refractivity contribution >= 4 is 40.0 Å². The van der Waals surface area contributed by atoms with Crippen LogP contribution >= 0.6 is 11.3 Å². The number of thiazole rings is 1. The molecule has 0 unspecified atom stereocenters. The second kappa shape index (κ2) is 23.2. The van der Waals surface area contributed by atoms with E-state index in [-0.39, 0.29) is 72.4 Å². The summed E-state index contributed by atoms with van der Waals surface area (Å²) < 4.78 is 44.4. The molecular weight excluding hydrogens is 1020 g/mol. The second-order valence-electron chi connectivity index (χ2n) is 24.4. The second-order valence-corrected chi connectivity index (χ2v) is 25.3. The number of hydrogen-bond donors (Lipinski definition) is 2. The average Bonchev–Trinajstić information content (AvgIpc) is 4.29. The summed E-state index contributed by atoms with van der Waals surface area (Å²) in [6, 6.07) is 6.79. The van der Waals surface area contributed by atoms with E-state index in [2.05, 4.69) is 80.4 Å². The van der Waals surface area contributed by atoms with Gasteiger partial charge in [0.05, 0.1) is 81.3 Å². The maximum atomic E-state index is 15.5. The van der Waals surface area contributed by atoms with Gasteiger partial charge in [-0.2, -0.15) is 0 Å². The zero-order valence-electron chi connectivity index (χ0n) is 46.6. The Morgan fingerprint density at radius 3 is 2.54 bits per heavy atom. The first kappa shape index (κ1) is 54.7. The highest BCUT2D eigenvalue weighted by molar-refractivity contribution is 7.10. The molecule has 8 bridgehead atoms. The number of nitrogens with one attached hydrogen (secondary N) is 2. The predicted octanol–water partition coefficient (Wildman–Crippen LogP) is 6.10. The molecule has 2 N–H and O–H groups in total. The highest BCUT2D eigenvalue weighted by Gasteiger charge is 2.55. The van der Waals surface area contributed by atoms with Gasteiger partial charge in [-0.15, -0.1) is 11.3 Å². The quantitative estimate of drug-likeness (QED) is 0.130. The van der Waals surface area contributed by atoms with E-state index >= 15 is 4.79 Å². The molecule has 424 valence electrons. The average molecular weight is 1100 g/mol. The van der Waals surface area contributed by atoms with E-state index in [1.54, 1.807) is 12.1 Å². The van der Waals surface area contributed by atoms with Gasteiger partial charge in [0, 0.05) is 134 Å². The number of carbonyl (C=O) groups is 3. The lowest BCUT2D eigenvalue weighted by atomic mass is 9.71. The number of rotatable bonds is 11. The van der Waals surface area contributed by atoms with Gasteiger partial charge in [0.15, 0.2) is 0 Å². The van der Waals surface area contributed by atoms with Gasteiger partial charge in [0.25, 0.3) is 5.91 Å².